The van der Waals surface area contributed by atoms with Crippen LogP contribution in [0.3, 0.4) is 0 Å². The molecule has 0 fully saturated rings. The van der Waals surface area contributed by atoms with Crippen LogP contribution >= 0.6 is 0 Å². The number of hydrogen-bond donors (Lipinski definition) is 1. The molecule has 0 bridgehead atoms. The third kappa shape index (κ3) is 4.78. The van der Waals surface area contributed by atoms with Crippen molar-refractivity contribution >= 4 is 17.6 Å². The highest BCUT2D eigenvalue weighted by molar-refractivity contribution is 6.01. The number of hydrogen-bond acceptors (Lipinski definition) is 5. The third-order valence-electron chi connectivity index (χ3n) is 5.28. The van der Waals surface area contributed by atoms with E-state index in [9.17, 15) is 14.4 Å². The number of benzene rings is 3. The average Bonchev–Trinajstić information content (AvgIpc) is 2.87. The molecule has 3 aromatic carbocycles. The second-order valence-corrected chi connectivity index (χ2v) is 7.70. The molecule has 0 saturated heterocycles. The molecule has 1 N–H and O–H groups in total. The van der Waals surface area contributed by atoms with Gasteiger partial charge >= 0.3 is 5.97 Å². The molecule has 0 radical (unpaired) electrons. The summed E-state index contributed by atoms with van der Waals surface area (Å²) in [4.78, 5) is 39.0. The van der Waals surface area contributed by atoms with E-state index in [0.717, 1.165) is 10.2 Å². The number of methoxy groups -OCH3 is 1. The highest BCUT2D eigenvalue weighted by Crippen LogP contribution is 2.32. The molecule has 34 heavy (non-hydrogen) atoms. The zero-order chi connectivity index (χ0) is 24.1. The molecule has 4 aromatic rings. The fourth-order valence-electron chi connectivity index (χ4n) is 3.63. The monoisotopic (exact) mass is 453 g/mol. The van der Waals surface area contributed by atoms with E-state index in [0.29, 0.717) is 28.1 Å². The Kier molecular flexibility index (Phi) is 6.64. The topological polar surface area (TPSA) is 90.3 Å². The molecule has 0 aliphatic rings. The first-order valence-electron chi connectivity index (χ1n) is 10.7. The second kappa shape index (κ2) is 9.95. The van der Waals surface area contributed by atoms with Crippen molar-refractivity contribution < 1.29 is 14.3 Å². The molecule has 0 spiro atoms. The van der Waals surface area contributed by atoms with Crippen molar-refractivity contribution in [3.63, 3.8) is 0 Å². The highest BCUT2D eigenvalue weighted by Gasteiger charge is 2.26. The Labute approximate surface area is 196 Å². The van der Waals surface area contributed by atoms with Crippen LogP contribution in [0.4, 0.5) is 5.69 Å². The van der Waals surface area contributed by atoms with Crippen molar-refractivity contribution in [3.8, 4) is 22.4 Å². The number of amides is 1. The van der Waals surface area contributed by atoms with Crippen LogP contribution in [0.15, 0.2) is 89.7 Å². The lowest BCUT2D eigenvalue weighted by Gasteiger charge is -2.16. The molecule has 0 unspecified atom stereocenters. The molecule has 0 aliphatic heterocycles. The molecule has 7 heteroatoms. The molecular weight excluding hydrogens is 430 g/mol. The SMILES string of the molecule is COC(=O)c1c(-c2ccccc2)c(-c2ccccc2)nn(CC(=O)Nc2ccc(C)cc2)c1=O. The number of nitrogens with zero attached hydrogens (tertiary/aromatic N) is 2. The largest absolute Gasteiger partial charge is 0.465 e. The molecule has 0 atom stereocenters. The van der Waals surface area contributed by atoms with Crippen molar-refractivity contribution in [2.24, 2.45) is 0 Å². The zero-order valence-electron chi connectivity index (χ0n) is 18.8. The van der Waals surface area contributed by atoms with E-state index in [-0.39, 0.29) is 12.1 Å². The Morgan fingerprint density at radius 3 is 2.06 bits per heavy atom. The predicted octanol–water partition coefficient (Wildman–Crippen LogP) is 4.31. The van der Waals surface area contributed by atoms with Gasteiger partial charge in [0.15, 0.2) is 0 Å². The van der Waals surface area contributed by atoms with Gasteiger partial charge in [-0.05, 0) is 24.6 Å². The number of carbonyl (C=O) groups excluding carboxylic acids is 2. The van der Waals surface area contributed by atoms with Crippen LogP contribution in [-0.4, -0.2) is 28.8 Å². The van der Waals surface area contributed by atoms with Crippen LogP contribution in [0, 0.1) is 6.92 Å². The van der Waals surface area contributed by atoms with Gasteiger partial charge in [0, 0.05) is 16.8 Å². The number of esters is 1. The van der Waals surface area contributed by atoms with Crippen LogP contribution < -0.4 is 10.9 Å². The number of ether oxygens (including phenoxy) is 1. The first kappa shape index (κ1) is 22.7. The van der Waals surface area contributed by atoms with Gasteiger partial charge in [-0.25, -0.2) is 9.48 Å². The van der Waals surface area contributed by atoms with Crippen molar-refractivity contribution in [2.45, 2.75) is 13.5 Å². The van der Waals surface area contributed by atoms with Gasteiger partial charge in [-0.1, -0.05) is 78.4 Å². The van der Waals surface area contributed by atoms with E-state index in [1.165, 1.54) is 7.11 Å². The molecule has 7 nitrogen and oxygen atoms in total. The third-order valence-corrected chi connectivity index (χ3v) is 5.28. The van der Waals surface area contributed by atoms with Crippen LogP contribution in [0.2, 0.25) is 0 Å². The fourth-order valence-corrected chi connectivity index (χ4v) is 3.63. The minimum absolute atomic E-state index is 0.175. The highest BCUT2D eigenvalue weighted by atomic mass is 16.5. The summed E-state index contributed by atoms with van der Waals surface area (Å²) in [6, 6.07) is 25.5. The maximum Gasteiger partial charge on any atom is 0.344 e. The first-order valence-corrected chi connectivity index (χ1v) is 10.7. The average molecular weight is 453 g/mol. The number of aryl methyl sites for hydroxylation is 1. The molecule has 4 rings (SSSR count). The van der Waals surface area contributed by atoms with Crippen LogP contribution in [0.5, 0.6) is 0 Å². The Morgan fingerprint density at radius 2 is 1.47 bits per heavy atom. The van der Waals surface area contributed by atoms with Crippen LogP contribution in [-0.2, 0) is 16.1 Å². The summed E-state index contributed by atoms with van der Waals surface area (Å²) in [6.07, 6.45) is 0. The Balaban J connectivity index is 1.86. The molecule has 0 aliphatic carbocycles. The van der Waals surface area contributed by atoms with E-state index in [4.69, 9.17) is 4.74 Å². The van der Waals surface area contributed by atoms with Crippen molar-refractivity contribution in [3.05, 3.63) is 106 Å². The van der Waals surface area contributed by atoms with E-state index in [1.54, 1.807) is 24.3 Å². The van der Waals surface area contributed by atoms with Gasteiger partial charge in [-0.15, -0.1) is 0 Å². The van der Waals surface area contributed by atoms with E-state index in [2.05, 4.69) is 10.4 Å². The predicted molar refractivity (Wildman–Crippen MR) is 131 cm³/mol. The van der Waals surface area contributed by atoms with Gasteiger partial charge in [-0.3, -0.25) is 9.59 Å². The molecule has 1 amide bonds. The maximum atomic E-state index is 13.4. The van der Waals surface area contributed by atoms with Crippen LogP contribution in [0.25, 0.3) is 22.4 Å². The molecular formula is C27H23N3O4. The Morgan fingerprint density at radius 1 is 0.882 bits per heavy atom. The van der Waals surface area contributed by atoms with Gasteiger partial charge in [-0.2, -0.15) is 5.10 Å². The smallest absolute Gasteiger partial charge is 0.344 e. The summed E-state index contributed by atoms with van der Waals surface area (Å²) in [5.74, 6) is -1.24. The molecule has 170 valence electrons. The number of rotatable bonds is 6. The minimum Gasteiger partial charge on any atom is -0.465 e. The summed E-state index contributed by atoms with van der Waals surface area (Å²) >= 11 is 0. The van der Waals surface area contributed by atoms with E-state index < -0.39 is 17.4 Å². The van der Waals surface area contributed by atoms with E-state index in [1.807, 2.05) is 67.6 Å². The second-order valence-electron chi connectivity index (χ2n) is 7.70. The van der Waals surface area contributed by atoms with Crippen molar-refractivity contribution in [1.82, 2.24) is 9.78 Å². The van der Waals surface area contributed by atoms with Gasteiger partial charge in [0.25, 0.3) is 5.56 Å². The number of carbonyl (C=O) groups is 2. The lowest BCUT2D eigenvalue weighted by Crippen LogP contribution is -2.34. The summed E-state index contributed by atoms with van der Waals surface area (Å²) in [6.45, 7) is 1.58. The molecule has 1 heterocycles. The molecule has 1 aromatic heterocycles. The van der Waals surface area contributed by atoms with Gasteiger partial charge in [0.05, 0.1) is 12.8 Å². The first-order chi connectivity index (χ1) is 16.5. The van der Waals surface area contributed by atoms with Crippen LogP contribution in [0.1, 0.15) is 15.9 Å². The fraction of sp³-hybridized carbons (Fsp3) is 0.111. The number of nitrogens with one attached hydrogen (secondary N) is 1. The van der Waals surface area contributed by atoms with Gasteiger partial charge in [0.1, 0.15) is 12.1 Å². The minimum atomic E-state index is -0.795. The summed E-state index contributed by atoms with van der Waals surface area (Å²) < 4.78 is 5.96. The summed E-state index contributed by atoms with van der Waals surface area (Å²) in [5, 5.41) is 7.29. The van der Waals surface area contributed by atoms with Gasteiger partial charge < -0.3 is 10.1 Å². The normalized spacial score (nSPS) is 10.5. The maximum absolute atomic E-state index is 13.4. The number of aromatic nitrogens is 2. The zero-order valence-corrected chi connectivity index (χ0v) is 18.8. The Hall–Kier alpha value is -4.52. The summed E-state index contributed by atoms with van der Waals surface area (Å²) in [5.41, 5.74) is 2.87. The number of anilines is 1. The standard InChI is InChI=1S/C27H23N3O4/c1-18-13-15-21(16-14-18)28-22(31)17-30-26(32)24(27(33)34-2)23(19-9-5-3-6-10-19)25(29-30)20-11-7-4-8-12-20/h3-16H,17H2,1-2H3,(H,28,31). The lowest BCUT2D eigenvalue weighted by molar-refractivity contribution is -0.117. The quantitative estimate of drug-likeness (QED) is 0.440. The lowest BCUT2D eigenvalue weighted by atomic mass is 9.95. The molecule has 0 saturated carbocycles. The van der Waals surface area contributed by atoms with Crippen molar-refractivity contribution in [2.75, 3.05) is 12.4 Å². The van der Waals surface area contributed by atoms with E-state index >= 15 is 0 Å². The van der Waals surface area contributed by atoms with Gasteiger partial charge in [0.2, 0.25) is 5.91 Å². The Bertz CT molecular complexity index is 1380. The van der Waals surface area contributed by atoms with Crippen molar-refractivity contribution in [1.29, 1.82) is 0 Å². The summed E-state index contributed by atoms with van der Waals surface area (Å²) in [7, 11) is 1.22.